The summed E-state index contributed by atoms with van der Waals surface area (Å²) in [6.07, 6.45) is -5.84. The quantitative estimate of drug-likeness (QED) is 0.543. The van der Waals surface area contributed by atoms with Gasteiger partial charge in [0.25, 0.3) is 0 Å². The van der Waals surface area contributed by atoms with E-state index in [0.29, 0.717) is 12.8 Å². The van der Waals surface area contributed by atoms with E-state index >= 15 is 0 Å². The molecule has 0 aromatic heterocycles. The third-order valence-corrected chi connectivity index (χ3v) is 4.48. The molecule has 0 heterocycles. The fourth-order valence-electron chi connectivity index (χ4n) is 3.05. The van der Waals surface area contributed by atoms with E-state index in [-0.39, 0.29) is 30.1 Å². The summed E-state index contributed by atoms with van der Waals surface area (Å²) in [5.74, 6) is -1.82. The Morgan fingerprint density at radius 2 is 1.93 bits per heavy atom. The maximum absolute atomic E-state index is 12.5. The van der Waals surface area contributed by atoms with Crippen molar-refractivity contribution in [3.8, 4) is 5.75 Å². The van der Waals surface area contributed by atoms with Crippen molar-refractivity contribution in [1.29, 1.82) is 0 Å². The SMILES string of the molecule is C=C(C)C(=O)OCC1CCC(OC(=O)Cc2ccccc2OC(F)(F)F)C(O)C1. The molecule has 6 nitrogen and oxygen atoms in total. The number of para-hydroxylation sites is 1. The molecule has 1 saturated carbocycles. The third kappa shape index (κ3) is 7.41. The second-order valence-electron chi connectivity index (χ2n) is 6.99. The summed E-state index contributed by atoms with van der Waals surface area (Å²) in [5, 5.41) is 10.2. The summed E-state index contributed by atoms with van der Waals surface area (Å²) >= 11 is 0. The number of alkyl halides is 3. The molecular formula is C20H23F3O6. The molecular weight excluding hydrogens is 393 g/mol. The molecule has 0 spiro atoms. The lowest BCUT2D eigenvalue weighted by Crippen LogP contribution is -2.39. The van der Waals surface area contributed by atoms with Gasteiger partial charge in [-0.05, 0) is 38.2 Å². The Labute approximate surface area is 166 Å². The van der Waals surface area contributed by atoms with Crippen LogP contribution >= 0.6 is 0 Å². The van der Waals surface area contributed by atoms with E-state index in [9.17, 15) is 27.9 Å². The lowest BCUT2D eigenvalue weighted by atomic mass is 9.86. The number of benzene rings is 1. The van der Waals surface area contributed by atoms with Crippen LogP contribution in [0.5, 0.6) is 5.75 Å². The van der Waals surface area contributed by atoms with Gasteiger partial charge in [-0.25, -0.2) is 4.79 Å². The Morgan fingerprint density at radius 3 is 2.55 bits per heavy atom. The number of ether oxygens (including phenoxy) is 3. The summed E-state index contributed by atoms with van der Waals surface area (Å²) in [6, 6.07) is 5.30. The number of aliphatic hydroxyl groups excluding tert-OH is 1. The number of aliphatic hydroxyl groups is 1. The smallest absolute Gasteiger partial charge is 0.462 e. The zero-order chi connectivity index (χ0) is 21.6. The molecule has 29 heavy (non-hydrogen) atoms. The van der Waals surface area contributed by atoms with Gasteiger partial charge in [-0.2, -0.15) is 0 Å². The van der Waals surface area contributed by atoms with E-state index in [2.05, 4.69) is 11.3 Å². The second kappa shape index (κ2) is 9.78. The van der Waals surface area contributed by atoms with Crippen LogP contribution in [0, 0.1) is 5.92 Å². The molecule has 1 N–H and O–H groups in total. The number of halogens is 3. The number of esters is 2. The maximum Gasteiger partial charge on any atom is 0.573 e. The first-order valence-corrected chi connectivity index (χ1v) is 9.09. The van der Waals surface area contributed by atoms with Gasteiger partial charge in [0, 0.05) is 11.1 Å². The molecule has 3 unspecified atom stereocenters. The molecule has 1 aliphatic rings. The molecule has 0 bridgehead atoms. The van der Waals surface area contributed by atoms with E-state index in [1.807, 2.05) is 0 Å². The van der Waals surface area contributed by atoms with Crippen LogP contribution in [-0.4, -0.2) is 42.2 Å². The first-order valence-electron chi connectivity index (χ1n) is 9.09. The van der Waals surface area contributed by atoms with Gasteiger partial charge >= 0.3 is 18.3 Å². The first kappa shape index (κ1) is 22.7. The Bertz CT molecular complexity index is 746. The molecule has 1 fully saturated rings. The van der Waals surface area contributed by atoms with Crippen molar-refractivity contribution >= 4 is 11.9 Å². The van der Waals surface area contributed by atoms with Gasteiger partial charge in [-0.1, -0.05) is 24.8 Å². The summed E-state index contributed by atoms with van der Waals surface area (Å²) in [4.78, 5) is 23.6. The van der Waals surface area contributed by atoms with Crippen LogP contribution in [-0.2, 0) is 25.5 Å². The topological polar surface area (TPSA) is 82.1 Å². The largest absolute Gasteiger partial charge is 0.573 e. The van der Waals surface area contributed by atoms with Crippen molar-refractivity contribution in [1.82, 2.24) is 0 Å². The van der Waals surface area contributed by atoms with E-state index in [1.165, 1.54) is 25.1 Å². The van der Waals surface area contributed by atoms with Crippen LogP contribution in [0.4, 0.5) is 13.2 Å². The van der Waals surface area contributed by atoms with Crippen LogP contribution in [0.1, 0.15) is 31.7 Å². The van der Waals surface area contributed by atoms with Crippen molar-refractivity contribution in [3.05, 3.63) is 42.0 Å². The number of carbonyl (C=O) groups is 2. The van der Waals surface area contributed by atoms with E-state index in [1.54, 1.807) is 0 Å². The van der Waals surface area contributed by atoms with Crippen LogP contribution < -0.4 is 4.74 Å². The van der Waals surface area contributed by atoms with Gasteiger partial charge in [0.15, 0.2) is 0 Å². The zero-order valence-electron chi connectivity index (χ0n) is 15.9. The highest BCUT2D eigenvalue weighted by molar-refractivity contribution is 5.86. The minimum absolute atomic E-state index is 0.0321. The van der Waals surface area contributed by atoms with Gasteiger partial charge in [-0.3, -0.25) is 4.79 Å². The molecule has 0 amide bonds. The summed E-state index contributed by atoms with van der Waals surface area (Å²) in [7, 11) is 0. The van der Waals surface area contributed by atoms with Crippen LogP contribution in [0.25, 0.3) is 0 Å². The molecule has 3 atom stereocenters. The van der Waals surface area contributed by atoms with E-state index in [4.69, 9.17) is 9.47 Å². The molecule has 1 aliphatic carbocycles. The minimum Gasteiger partial charge on any atom is -0.462 e. The van der Waals surface area contributed by atoms with E-state index in [0.717, 1.165) is 6.07 Å². The van der Waals surface area contributed by atoms with Crippen LogP contribution in [0.15, 0.2) is 36.4 Å². The Hall–Kier alpha value is -2.55. The van der Waals surface area contributed by atoms with Crippen molar-refractivity contribution in [3.63, 3.8) is 0 Å². The fourth-order valence-corrected chi connectivity index (χ4v) is 3.05. The van der Waals surface area contributed by atoms with Gasteiger partial charge in [0.1, 0.15) is 11.9 Å². The van der Waals surface area contributed by atoms with Crippen LogP contribution in [0.2, 0.25) is 0 Å². The van der Waals surface area contributed by atoms with Crippen LogP contribution in [0.3, 0.4) is 0 Å². The fraction of sp³-hybridized carbons (Fsp3) is 0.500. The molecule has 9 heteroatoms. The maximum atomic E-state index is 12.5. The summed E-state index contributed by atoms with van der Waals surface area (Å²) in [6.45, 7) is 5.15. The lowest BCUT2D eigenvalue weighted by Gasteiger charge is -2.32. The van der Waals surface area contributed by atoms with Crippen molar-refractivity contribution in [2.45, 2.75) is 51.2 Å². The predicted octanol–water partition coefficient (Wildman–Crippen LogP) is 3.32. The molecule has 0 radical (unpaired) electrons. The third-order valence-electron chi connectivity index (χ3n) is 4.48. The molecule has 0 saturated heterocycles. The van der Waals surface area contributed by atoms with Crippen molar-refractivity contribution < 1.29 is 42.1 Å². The van der Waals surface area contributed by atoms with Gasteiger partial charge < -0.3 is 19.3 Å². The number of hydrogen-bond donors (Lipinski definition) is 1. The number of carbonyl (C=O) groups excluding carboxylic acids is 2. The standard InChI is InChI=1S/C20H23F3O6/c1-12(2)19(26)27-11-13-7-8-17(15(24)9-13)28-18(25)10-14-5-3-4-6-16(14)29-20(21,22)23/h3-6,13,15,17,24H,1,7-11H2,2H3. The normalized spacial score (nSPS) is 21.9. The second-order valence-corrected chi connectivity index (χ2v) is 6.99. The van der Waals surface area contributed by atoms with Gasteiger partial charge in [0.05, 0.1) is 19.1 Å². The zero-order valence-corrected chi connectivity index (χ0v) is 15.9. The monoisotopic (exact) mass is 416 g/mol. The minimum atomic E-state index is -4.87. The molecule has 1 aromatic carbocycles. The average molecular weight is 416 g/mol. The van der Waals surface area contributed by atoms with Gasteiger partial charge in [-0.15, -0.1) is 13.2 Å². The number of hydrogen-bond acceptors (Lipinski definition) is 6. The number of rotatable bonds is 7. The highest BCUT2D eigenvalue weighted by atomic mass is 19.4. The summed E-state index contributed by atoms with van der Waals surface area (Å²) < 4.78 is 51.7. The highest BCUT2D eigenvalue weighted by Crippen LogP contribution is 2.29. The van der Waals surface area contributed by atoms with E-state index < -0.39 is 42.7 Å². The Balaban J connectivity index is 1.86. The Kier molecular flexibility index (Phi) is 7.66. The molecule has 2 rings (SSSR count). The van der Waals surface area contributed by atoms with Crippen molar-refractivity contribution in [2.24, 2.45) is 5.92 Å². The molecule has 1 aromatic rings. The van der Waals surface area contributed by atoms with Crippen molar-refractivity contribution in [2.75, 3.05) is 6.61 Å². The highest BCUT2D eigenvalue weighted by Gasteiger charge is 2.34. The van der Waals surface area contributed by atoms with Gasteiger partial charge in [0.2, 0.25) is 0 Å². The molecule has 160 valence electrons. The molecule has 0 aliphatic heterocycles. The predicted molar refractivity (Wildman–Crippen MR) is 95.8 cm³/mol. The Morgan fingerprint density at radius 1 is 1.24 bits per heavy atom. The average Bonchev–Trinajstić information content (AvgIpc) is 2.62. The summed E-state index contributed by atoms with van der Waals surface area (Å²) in [5.41, 5.74) is 0.313. The lowest BCUT2D eigenvalue weighted by molar-refractivity contribution is -0.275. The first-order chi connectivity index (χ1) is 13.5.